The van der Waals surface area contributed by atoms with Crippen LogP contribution in [0.15, 0.2) is 11.8 Å². The van der Waals surface area contributed by atoms with Crippen LogP contribution in [0.1, 0.15) is 33.6 Å². The van der Waals surface area contributed by atoms with Crippen molar-refractivity contribution in [3.05, 3.63) is 16.0 Å². The maximum absolute atomic E-state index is 11.4. The van der Waals surface area contributed by atoms with Gasteiger partial charge in [0.1, 0.15) is 0 Å². The smallest absolute Gasteiger partial charge is 0.876 e. The summed E-state index contributed by atoms with van der Waals surface area (Å²) in [7, 11) is -7.01. The fraction of sp³-hybridized carbons (Fsp3) is 0.812. The molecule has 0 aliphatic heterocycles. The number of sulfonamides is 2. The van der Waals surface area contributed by atoms with Gasteiger partial charge in [-0.05, 0) is 47.1 Å². The Morgan fingerprint density at radius 2 is 1.26 bits per heavy atom. The fourth-order valence-electron chi connectivity index (χ4n) is 1.41. The maximum atomic E-state index is 11.4. The molecule has 0 aliphatic carbocycles. The van der Waals surface area contributed by atoms with E-state index in [0.29, 0.717) is 0 Å². The molecule has 9 nitrogen and oxygen atoms in total. The van der Waals surface area contributed by atoms with Crippen molar-refractivity contribution in [1.29, 1.82) is 0 Å². The van der Waals surface area contributed by atoms with Crippen LogP contribution >= 0.6 is 0 Å². The van der Waals surface area contributed by atoms with Gasteiger partial charge >= 0.3 is 31.4 Å². The minimum atomic E-state index is -6.72. The molecule has 0 heterocycles. The Morgan fingerprint density at radius 3 is 1.47 bits per heavy atom. The van der Waals surface area contributed by atoms with Crippen LogP contribution in [0.3, 0.4) is 0 Å². The van der Waals surface area contributed by atoms with Gasteiger partial charge in [-0.1, -0.05) is 20.3 Å². The molecule has 0 saturated heterocycles. The van der Waals surface area contributed by atoms with Crippen LogP contribution in [0.5, 0.6) is 0 Å². The van der Waals surface area contributed by atoms with Crippen LogP contribution < -0.4 is 5.11 Å². The summed E-state index contributed by atoms with van der Waals surface area (Å²) >= 11 is 0. The summed E-state index contributed by atoms with van der Waals surface area (Å²) in [6, 6.07) is 0. The van der Waals surface area contributed by atoms with Gasteiger partial charge < -0.3 is 19.0 Å². The normalized spacial score (nSPS) is 12.8. The van der Waals surface area contributed by atoms with E-state index in [0.717, 1.165) is 10.2 Å². The number of alkyl halides is 6. The summed E-state index contributed by atoms with van der Waals surface area (Å²) < 4.78 is 109. The molecule has 0 radical (unpaired) electrons. The zero-order valence-corrected chi connectivity index (χ0v) is 22.5. The molecule has 0 N–H and O–H groups in total. The largest absolute Gasteiger partial charge is 2.00 e. The standard InChI is InChI=1S/C9H22N2.C5H8O2.C2F6NO4S2.Pd/c1-5-6-7-11(4)9-8-10(2)3;1-4(6)3-5(2)7;3-1(4,5)14(10,11)9-15(12,13)2(6,7)8;/h5-9H2,1-4H3;3,6H,1-2H3;;/q;;-1;+2/p-1/b;4-3-;;. The number of ketones is 1. The second-order valence-corrected chi connectivity index (χ2v) is 10.2. The number of nitrogens with zero attached hydrogens (tertiary/aromatic N) is 3. The van der Waals surface area contributed by atoms with E-state index in [2.05, 4.69) is 37.9 Å². The molecule has 0 unspecified atom stereocenters. The third-order valence-electron chi connectivity index (χ3n) is 3.01. The summed E-state index contributed by atoms with van der Waals surface area (Å²) in [5, 5.41) is 9.98. The first-order valence-electron chi connectivity index (χ1n) is 9.06. The van der Waals surface area contributed by atoms with E-state index in [9.17, 15) is 53.1 Å². The molecule has 0 aromatic carbocycles. The Hall–Kier alpha value is -0.768. The number of likely N-dealkylation sites (N-methyl/N-ethyl adjacent to an activating group) is 2. The van der Waals surface area contributed by atoms with E-state index in [1.807, 2.05) is 0 Å². The second kappa shape index (κ2) is 17.6. The van der Waals surface area contributed by atoms with Crippen molar-refractivity contribution in [3.8, 4) is 0 Å². The Kier molecular flexibility index (Phi) is 20.9. The average Bonchev–Trinajstić information content (AvgIpc) is 2.55. The molecule has 18 heteroatoms. The second-order valence-electron chi connectivity index (χ2n) is 6.74. The quantitative estimate of drug-likeness (QED) is 0.162. The molecule has 0 atom stereocenters. The minimum Gasteiger partial charge on any atom is -0.876 e. The molecule has 0 amide bonds. The molecule has 0 bridgehead atoms. The number of hydrogen-bond donors (Lipinski definition) is 0. The number of carbonyl (C=O) groups excluding carboxylic acids is 1. The molecular formula is C16H29F6N3O6PdS2. The number of hydrogen-bond acceptors (Lipinski definition) is 8. The van der Waals surface area contributed by atoms with E-state index in [-0.39, 0.29) is 32.0 Å². The van der Waals surface area contributed by atoms with Gasteiger partial charge in [-0.2, -0.15) is 26.3 Å². The summed E-state index contributed by atoms with van der Waals surface area (Å²) in [5.41, 5.74) is -12.4. The Morgan fingerprint density at radius 1 is 0.882 bits per heavy atom. The average molecular weight is 644 g/mol. The molecular weight excluding hydrogens is 615 g/mol. The monoisotopic (exact) mass is 643 g/mol. The van der Waals surface area contributed by atoms with Gasteiger partial charge in [-0.15, -0.1) is 5.76 Å². The van der Waals surface area contributed by atoms with Gasteiger partial charge in [0.2, 0.25) is 0 Å². The summed E-state index contributed by atoms with van der Waals surface area (Å²) in [6.45, 7) is 8.53. The van der Waals surface area contributed by atoms with Crippen LogP contribution in [0.4, 0.5) is 26.3 Å². The van der Waals surface area contributed by atoms with Gasteiger partial charge in [0.05, 0.1) is 0 Å². The van der Waals surface area contributed by atoms with Gasteiger partial charge in [-0.3, -0.25) is 4.79 Å². The van der Waals surface area contributed by atoms with Crippen molar-refractivity contribution < 1.29 is 73.5 Å². The van der Waals surface area contributed by atoms with Crippen LogP contribution in [0.25, 0.3) is 4.13 Å². The zero-order valence-electron chi connectivity index (χ0n) is 19.3. The van der Waals surface area contributed by atoms with E-state index in [1.165, 1.54) is 46.3 Å². The van der Waals surface area contributed by atoms with Gasteiger partial charge in [0.15, 0.2) is 25.8 Å². The number of rotatable bonds is 9. The number of halogens is 6. The van der Waals surface area contributed by atoms with E-state index >= 15 is 0 Å². The third kappa shape index (κ3) is 21.7. The molecule has 34 heavy (non-hydrogen) atoms. The predicted octanol–water partition coefficient (Wildman–Crippen LogP) is 2.18. The molecule has 0 rings (SSSR count). The van der Waals surface area contributed by atoms with Crippen LogP contribution in [-0.2, 0) is 45.3 Å². The molecule has 0 saturated carbocycles. The van der Waals surface area contributed by atoms with Crippen molar-refractivity contribution >= 4 is 25.8 Å². The number of unbranched alkanes of at least 4 members (excludes halogenated alkanes) is 1. The maximum Gasteiger partial charge on any atom is 2.00 e. The third-order valence-corrected chi connectivity index (χ3v) is 5.75. The molecule has 208 valence electrons. The number of carbonyl (C=O) groups is 1. The van der Waals surface area contributed by atoms with Crippen molar-refractivity contribution in [3.63, 3.8) is 0 Å². The first-order chi connectivity index (χ1) is 14.5. The zero-order chi connectivity index (χ0) is 27.3. The number of allylic oxidation sites excluding steroid dienone is 2. The van der Waals surface area contributed by atoms with Gasteiger partial charge in [0.25, 0.3) is 0 Å². The Balaban J connectivity index is -0.000000209. The predicted molar refractivity (Wildman–Crippen MR) is 109 cm³/mol. The Bertz CT molecular complexity index is 770. The van der Waals surface area contributed by atoms with Gasteiger partial charge in [-0.25, -0.2) is 16.8 Å². The minimum absolute atomic E-state index is 0. The van der Waals surface area contributed by atoms with Crippen LogP contribution in [-0.4, -0.2) is 84.2 Å². The first-order valence-corrected chi connectivity index (χ1v) is 11.9. The van der Waals surface area contributed by atoms with Crippen molar-refractivity contribution in [2.45, 2.75) is 44.6 Å². The Labute approximate surface area is 210 Å². The molecule has 0 aromatic rings. The SMILES string of the molecule is CC(=O)/C=C(/C)[O-].CCCCN(C)CCN(C)C.O=S(=O)([N-]S(=O)(=O)C(F)(F)F)C(F)(F)F.[Pd+2]. The summed E-state index contributed by atoms with van der Waals surface area (Å²) in [6.07, 6.45) is 3.68. The van der Waals surface area contributed by atoms with E-state index < -0.39 is 31.1 Å². The fourth-order valence-corrected chi connectivity index (χ4v) is 3.12. The van der Waals surface area contributed by atoms with E-state index in [1.54, 1.807) is 0 Å². The molecule has 0 spiro atoms. The van der Waals surface area contributed by atoms with Crippen molar-refractivity contribution in [1.82, 2.24) is 9.80 Å². The van der Waals surface area contributed by atoms with Crippen molar-refractivity contribution in [2.24, 2.45) is 0 Å². The van der Waals surface area contributed by atoms with Gasteiger partial charge in [0, 0.05) is 13.1 Å². The molecule has 0 aromatic heterocycles. The van der Waals surface area contributed by atoms with Crippen molar-refractivity contribution in [2.75, 3.05) is 40.8 Å². The van der Waals surface area contributed by atoms with Crippen LogP contribution in [0, 0.1) is 0 Å². The van der Waals surface area contributed by atoms with Crippen LogP contribution in [0.2, 0.25) is 0 Å². The molecule has 0 fully saturated rings. The topological polar surface area (TPSA) is 129 Å². The molecule has 0 aliphatic rings. The van der Waals surface area contributed by atoms with E-state index in [4.69, 9.17) is 0 Å². The summed E-state index contributed by atoms with van der Waals surface area (Å²) in [5.74, 6) is -0.375. The summed E-state index contributed by atoms with van der Waals surface area (Å²) in [4.78, 5) is 14.6. The first kappa shape index (κ1) is 40.4.